The highest BCUT2D eigenvalue weighted by molar-refractivity contribution is 9.10. The minimum absolute atomic E-state index is 0.0224. The van der Waals surface area contributed by atoms with Crippen LogP contribution >= 0.6 is 15.9 Å². The van der Waals surface area contributed by atoms with Gasteiger partial charge < -0.3 is 10.5 Å². The molecule has 19 heavy (non-hydrogen) atoms. The van der Waals surface area contributed by atoms with Crippen molar-refractivity contribution in [2.75, 3.05) is 0 Å². The predicted molar refractivity (Wildman–Crippen MR) is 82.6 cm³/mol. The number of hydrogen-bond acceptors (Lipinski definition) is 2. The first kappa shape index (κ1) is 14.1. The van der Waals surface area contributed by atoms with Crippen molar-refractivity contribution in [2.45, 2.75) is 26.3 Å². The van der Waals surface area contributed by atoms with Crippen molar-refractivity contribution in [3.8, 4) is 11.5 Å². The van der Waals surface area contributed by atoms with E-state index in [9.17, 15) is 0 Å². The van der Waals surface area contributed by atoms with Crippen LogP contribution in [0.15, 0.2) is 46.9 Å². The van der Waals surface area contributed by atoms with E-state index in [4.69, 9.17) is 10.5 Å². The molecule has 0 aliphatic rings. The summed E-state index contributed by atoms with van der Waals surface area (Å²) in [5.41, 5.74) is 8.24. The van der Waals surface area contributed by atoms with Crippen LogP contribution < -0.4 is 10.5 Å². The SMILES string of the molecule is CCc1ccc(Oc2ccc([C@H](C)N)cc2Br)cc1. The van der Waals surface area contributed by atoms with Gasteiger partial charge in [-0.2, -0.15) is 0 Å². The van der Waals surface area contributed by atoms with Crippen molar-refractivity contribution in [2.24, 2.45) is 5.73 Å². The smallest absolute Gasteiger partial charge is 0.141 e. The van der Waals surface area contributed by atoms with Crippen molar-refractivity contribution < 1.29 is 4.74 Å². The molecular weight excluding hydrogens is 302 g/mol. The summed E-state index contributed by atoms with van der Waals surface area (Å²) in [6.45, 7) is 4.10. The molecule has 0 saturated carbocycles. The Bertz CT molecular complexity index is 549. The molecule has 2 aromatic rings. The zero-order valence-corrected chi connectivity index (χ0v) is 12.8. The average Bonchev–Trinajstić information content (AvgIpc) is 2.41. The van der Waals surface area contributed by atoms with Gasteiger partial charge in [0.15, 0.2) is 0 Å². The van der Waals surface area contributed by atoms with Crippen LogP contribution in [0.5, 0.6) is 11.5 Å². The first-order chi connectivity index (χ1) is 9.10. The highest BCUT2D eigenvalue weighted by Crippen LogP contribution is 2.31. The summed E-state index contributed by atoms with van der Waals surface area (Å²) in [7, 11) is 0. The van der Waals surface area contributed by atoms with Gasteiger partial charge in [-0.1, -0.05) is 25.1 Å². The van der Waals surface area contributed by atoms with Crippen molar-refractivity contribution in [3.63, 3.8) is 0 Å². The van der Waals surface area contributed by atoms with Crippen LogP contribution in [0.3, 0.4) is 0 Å². The average molecular weight is 320 g/mol. The Labute approximate surface area is 122 Å². The Morgan fingerprint density at radius 1 is 1.16 bits per heavy atom. The third-order valence-corrected chi connectivity index (χ3v) is 3.66. The molecule has 0 saturated heterocycles. The molecule has 2 nitrogen and oxygen atoms in total. The lowest BCUT2D eigenvalue weighted by atomic mass is 10.1. The normalized spacial score (nSPS) is 12.2. The first-order valence-corrected chi connectivity index (χ1v) is 7.21. The molecule has 3 heteroatoms. The molecule has 0 aliphatic heterocycles. The van der Waals surface area contributed by atoms with Crippen LogP contribution in [0, 0.1) is 0 Å². The van der Waals surface area contributed by atoms with Gasteiger partial charge in [-0.05, 0) is 64.7 Å². The number of benzene rings is 2. The minimum Gasteiger partial charge on any atom is -0.456 e. The van der Waals surface area contributed by atoms with Crippen LogP contribution in [0.1, 0.15) is 31.0 Å². The second-order valence-electron chi connectivity index (χ2n) is 4.58. The van der Waals surface area contributed by atoms with E-state index in [1.54, 1.807) is 0 Å². The van der Waals surface area contributed by atoms with E-state index in [1.807, 2.05) is 37.3 Å². The Kier molecular flexibility index (Phi) is 4.61. The molecule has 0 amide bonds. The quantitative estimate of drug-likeness (QED) is 0.876. The van der Waals surface area contributed by atoms with Gasteiger partial charge in [0.25, 0.3) is 0 Å². The number of aryl methyl sites for hydroxylation is 1. The third-order valence-electron chi connectivity index (χ3n) is 3.04. The van der Waals surface area contributed by atoms with Crippen molar-refractivity contribution in [1.29, 1.82) is 0 Å². The van der Waals surface area contributed by atoms with Crippen LogP contribution in [-0.4, -0.2) is 0 Å². The van der Waals surface area contributed by atoms with Gasteiger partial charge in [-0.3, -0.25) is 0 Å². The fourth-order valence-electron chi connectivity index (χ4n) is 1.80. The van der Waals surface area contributed by atoms with E-state index in [-0.39, 0.29) is 6.04 Å². The topological polar surface area (TPSA) is 35.2 Å². The van der Waals surface area contributed by atoms with E-state index in [1.165, 1.54) is 5.56 Å². The fourth-order valence-corrected chi connectivity index (χ4v) is 2.28. The highest BCUT2D eigenvalue weighted by Gasteiger charge is 2.06. The first-order valence-electron chi connectivity index (χ1n) is 6.42. The van der Waals surface area contributed by atoms with Gasteiger partial charge in [0, 0.05) is 6.04 Å². The summed E-state index contributed by atoms with van der Waals surface area (Å²) in [6.07, 6.45) is 1.03. The van der Waals surface area contributed by atoms with Crippen LogP contribution in [-0.2, 0) is 6.42 Å². The Morgan fingerprint density at radius 3 is 2.37 bits per heavy atom. The highest BCUT2D eigenvalue weighted by atomic mass is 79.9. The maximum atomic E-state index is 5.86. The van der Waals surface area contributed by atoms with Crippen LogP contribution in [0.2, 0.25) is 0 Å². The molecule has 2 aromatic carbocycles. The van der Waals surface area contributed by atoms with E-state index < -0.39 is 0 Å². The molecule has 2 N–H and O–H groups in total. The minimum atomic E-state index is 0.0224. The van der Waals surface area contributed by atoms with Crippen LogP contribution in [0.25, 0.3) is 0 Å². The third kappa shape index (κ3) is 3.58. The Morgan fingerprint density at radius 2 is 1.84 bits per heavy atom. The van der Waals surface area contributed by atoms with E-state index in [0.717, 1.165) is 28.0 Å². The van der Waals surface area contributed by atoms with E-state index >= 15 is 0 Å². The lowest BCUT2D eigenvalue weighted by Gasteiger charge is -2.11. The molecule has 1 atom stereocenters. The Balaban J connectivity index is 2.18. The molecular formula is C16H18BrNO. The van der Waals surface area contributed by atoms with Crippen molar-refractivity contribution in [3.05, 3.63) is 58.1 Å². The molecule has 100 valence electrons. The lowest BCUT2D eigenvalue weighted by molar-refractivity contribution is 0.479. The van der Waals surface area contributed by atoms with E-state index in [2.05, 4.69) is 35.0 Å². The van der Waals surface area contributed by atoms with Gasteiger partial charge in [-0.15, -0.1) is 0 Å². The maximum absolute atomic E-state index is 5.86. The zero-order valence-electron chi connectivity index (χ0n) is 11.2. The number of ether oxygens (including phenoxy) is 1. The zero-order chi connectivity index (χ0) is 13.8. The summed E-state index contributed by atoms with van der Waals surface area (Å²) < 4.78 is 6.77. The fraction of sp³-hybridized carbons (Fsp3) is 0.250. The van der Waals surface area contributed by atoms with Gasteiger partial charge in [-0.25, -0.2) is 0 Å². The molecule has 0 bridgehead atoms. The number of nitrogens with two attached hydrogens (primary N) is 1. The number of rotatable bonds is 4. The molecule has 0 spiro atoms. The Hall–Kier alpha value is -1.32. The molecule has 0 unspecified atom stereocenters. The summed E-state index contributed by atoms with van der Waals surface area (Å²) in [5, 5.41) is 0. The lowest BCUT2D eigenvalue weighted by Crippen LogP contribution is -2.04. The van der Waals surface area contributed by atoms with Crippen LogP contribution in [0.4, 0.5) is 0 Å². The standard InChI is InChI=1S/C16H18BrNO/c1-3-12-4-7-14(8-5-12)19-16-9-6-13(11(2)18)10-15(16)17/h4-11H,3,18H2,1-2H3/t11-/m0/s1. The second kappa shape index (κ2) is 6.22. The summed E-state index contributed by atoms with van der Waals surface area (Å²) in [5.74, 6) is 1.64. The molecule has 0 heterocycles. The number of halogens is 1. The molecule has 0 fully saturated rings. The molecule has 2 rings (SSSR count). The van der Waals surface area contributed by atoms with Gasteiger partial charge in [0.05, 0.1) is 4.47 Å². The predicted octanol–water partition coefficient (Wildman–Crippen LogP) is 4.82. The van der Waals surface area contributed by atoms with Crippen molar-refractivity contribution >= 4 is 15.9 Å². The monoisotopic (exact) mass is 319 g/mol. The summed E-state index contributed by atoms with van der Waals surface area (Å²) in [6, 6.07) is 14.1. The second-order valence-corrected chi connectivity index (χ2v) is 5.43. The van der Waals surface area contributed by atoms with E-state index in [0.29, 0.717) is 0 Å². The summed E-state index contributed by atoms with van der Waals surface area (Å²) in [4.78, 5) is 0. The largest absolute Gasteiger partial charge is 0.456 e. The molecule has 0 aromatic heterocycles. The van der Waals surface area contributed by atoms with Crippen molar-refractivity contribution in [1.82, 2.24) is 0 Å². The van der Waals surface area contributed by atoms with Gasteiger partial charge >= 0.3 is 0 Å². The van der Waals surface area contributed by atoms with Gasteiger partial charge in [0.1, 0.15) is 11.5 Å². The summed E-state index contributed by atoms with van der Waals surface area (Å²) >= 11 is 3.52. The van der Waals surface area contributed by atoms with Gasteiger partial charge in [0.2, 0.25) is 0 Å². The number of hydrogen-bond donors (Lipinski definition) is 1. The molecule has 0 radical (unpaired) electrons. The molecule has 0 aliphatic carbocycles. The maximum Gasteiger partial charge on any atom is 0.141 e.